The highest BCUT2D eigenvalue weighted by molar-refractivity contribution is 5.98. The zero-order valence-corrected chi connectivity index (χ0v) is 19.3. The number of rotatable bonds is 6. The lowest BCUT2D eigenvalue weighted by Gasteiger charge is -2.16. The Morgan fingerprint density at radius 1 is 1.00 bits per heavy atom. The van der Waals surface area contributed by atoms with E-state index in [1.165, 1.54) is 0 Å². The molecule has 3 aromatic carbocycles. The van der Waals surface area contributed by atoms with Crippen molar-refractivity contribution in [1.29, 1.82) is 0 Å². The second-order valence-electron chi connectivity index (χ2n) is 8.35. The number of anilines is 1. The minimum absolute atomic E-state index is 0.258. The van der Waals surface area contributed by atoms with Gasteiger partial charge in [-0.15, -0.1) is 0 Å². The number of carbonyl (C=O) groups excluding carboxylic acids is 2. The molecule has 0 fully saturated rings. The van der Waals surface area contributed by atoms with E-state index in [-0.39, 0.29) is 18.4 Å². The maximum absolute atomic E-state index is 12.6. The lowest BCUT2D eigenvalue weighted by Crippen LogP contribution is -2.22. The number of amides is 1. The van der Waals surface area contributed by atoms with E-state index in [1.54, 1.807) is 12.1 Å². The highest BCUT2D eigenvalue weighted by atomic mass is 16.5. The molecule has 0 spiro atoms. The molecular weight excluding hydrogens is 414 g/mol. The van der Waals surface area contributed by atoms with Crippen molar-refractivity contribution < 1.29 is 14.3 Å². The van der Waals surface area contributed by atoms with Gasteiger partial charge in [0.05, 0.1) is 16.6 Å². The maximum Gasteiger partial charge on any atom is 0.338 e. The van der Waals surface area contributed by atoms with E-state index in [4.69, 9.17) is 4.74 Å². The molecule has 1 N–H and O–H groups in total. The minimum atomic E-state index is -0.562. The van der Waals surface area contributed by atoms with Crippen molar-refractivity contribution in [3.63, 3.8) is 0 Å². The molecule has 0 unspecified atom stereocenters. The highest BCUT2D eigenvalue weighted by Gasteiger charge is 2.16. The van der Waals surface area contributed by atoms with Crippen molar-refractivity contribution in [2.45, 2.75) is 33.6 Å². The van der Waals surface area contributed by atoms with E-state index in [9.17, 15) is 9.59 Å². The first-order valence-electron chi connectivity index (χ1n) is 11.0. The van der Waals surface area contributed by atoms with E-state index < -0.39 is 5.97 Å². The largest absolute Gasteiger partial charge is 0.452 e. The molecule has 6 heteroatoms. The van der Waals surface area contributed by atoms with Gasteiger partial charge in [0.1, 0.15) is 5.82 Å². The zero-order chi connectivity index (χ0) is 23.5. The summed E-state index contributed by atoms with van der Waals surface area (Å²) in [5, 5.41) is 2.89. The molecule has 0 aliphatic rings. The zero-order valence-electron chi connectivity index (χ0n) is 19.3. The summed E-state index contributed by atoms with van der Waals surface area (Å²) < 4.78 is 7.32. The van der Waals surface area contributed by atoms with Crippen molar-refractivity contribution >= 4 is 28.6 Å². The number of aryl methyl sites for hydroxylation is 2. The quantitative estimate of drug-likeness (QED) is 0.398. The average Bonchev–Trinajstić information content (AvgIpc) is 3.14. The lowest BCUT2D eigenvalue weighted by molar-refractivity contribution is -0.119. The smallest absolute Gasteiger partial charge is 0.338 e. The number of fused-ring (bicyclic) bond motifs is 1. The SMILES string of the molecule is Cc1cccc(C(C)C)c1NC(=O)COC(=O)c1ccc2c(c1)nc(C)n2-c1ccccc1. The van der Waals surface area contributed by atoms with Crippen LogP contribution in [-0.2, 0) is 9.53 Å². The highest BCUT2D eigenvalue weighted by Crippen LogP contribution is 2.27. The van der Waals surface area contributed by atoms with Crippen LogP contribution in [-0.4, -0.2) is 28.0 Å². The molecule has 0 aliphatic heterocycles. The van der Waals surface area contributed by atoms with E-state index >= 15 is 0 Å². The fourth-order valence-corrected chi connectivity index (χ4v) is 3.96. The maximum atomic E-state index is 12.6. The monoisotopic (exact) mass is 441 g/mol. The number of ether oxygens (including phenoxy) is 1. The summed E-state index contributed by atoms with van der Waals surface area (Å²) in [5.41, 5.74) is 5.73. The first kappa shape index (κ1) is 22.3. The molecule has 0 aliphatic carbocycles. The summed E-state index contributed by atoms with van der Waals surface area (Å²) in [4.78, 5) is 29.7. The summed E-state index contributed by atoms with van der Waals surface area (Å²) in [6, 6.07) is 21.1. The van der Waals surface area contributed by atoms with Crippen molar-refractivity contribution in [1.82, 2.24) is 9.55 Å². The third kappa shape index (κ3) is 4.65. The van der Waals surface area contributed by atoms with E-state index in [0.717, 1.165) is 33.8 Å². The number of carbonyl (C=O) groups is 2. The number of aromatic nitrogens is 2. The molecule has 4 aromatic rings. The van der Waals surface area contributed by atoms with Crippen LogP contribution in [0.4, 0.5) is 5.69 Å². The predicted octanol–water partition coefficient (Wildman–Crippen LogP) is 5.56. The van der Waals surface area contributed by atoms with Crippen LogP contribution >= 0.6 is 0 Å². The van der Waals surface area contributed by atoms with Crippen LogP contribution < -0.4 is 5.32 Å². The Hall–Kier alpha value is -3.93. The molecule has 1 aromatic heterocycles. The van der Waals surface area contributed by atoms with Crippen molar-refractivity contribution in [2.24, 2.45) is 0 Å². The second kappa shape index (κ2) is 9.28. The van der Waals surface area contributed by atoms with E-state index in [0.29, 0.717) is 11.1 Å². The minimum Gasteiger partial charge on any atom is -0.452 e. The van der Waals surface area contributed by atoms with Crippen LogP contribution in [0.1, 0.15) is 47.1 Å². The number of esters is 1. The van der Waals surface area contributed by atoms with E-state index in [1.807, 2.05) is 73.0 Å². The van der Waals surface area contributed by atoms with Gasteiger partial charge >= 0.3 is 5.97 Å². The summed E-state index contributed by atoms with van der Waals surface area (Å²) in [7, 11) is 0. The Balaban J connectivity index is 1.47. The molecule has 4 rings (SSSR count). The van der Waals surface area contributed by atoms with Gasteiger partial charge < -0.3 is 10.1 Å². The van der Waals surface area contributed by atoms with Gasteiger partial charge in [0.15, 0.2) is 6.61 Å². The number of para-hydroxylation sites is 2. The summed E-state index contributed by atoms with van der Waals surface area (Å²) in [5.74, 6) is 0.145. The molecule has 0 saturated heterocycles. The van der Waals surface area contributed by atoms with Crippen LogP contribution in [0.15, 0.2) is 66.7 Å². The van der Waals surface area contributed by atoms with Crippen LogP contribution in [0.25, 0.3) is 16.7 Å². The summed E-state index contributed by atoms with van der Waals surface area (Å²) >= 11 is 0. The van der Waals surface area contributed by atoms with Gasteiger partial charge in [0.2, 0.25) is 0 Å². The molecule has 1 amide bonds. The molecule has 33 heavy (non-hydrogen) atoms. The standard InChI is InChI=1S/C27H27N3O3/c1-17(2)22-12-8-9-18(3)26(22)29-25(31)16-33-27(32)20-13-14-24-23(15-20)28-19(4)30(24)21-10-6-5-7-11-21/h5-15,17H,16H2,1-4H3,(H,29,31). The molecule has 6 nitrogen and oxygen atoms in total. The van der Waals surface area contributed by atoms with Gasteiger partial charge in [-0.05, 0) is 61.2 Å². The van der Waals surface area contributed by atoms with Crippen molar-refractivity contribution in [3.05, 3.63) is 89.2 Å². The number of benzene rings is 3. The first-order valence-corrected chi connectivity index (χ1v) is 11.0. The average molecular weight is 442 g/mol. The first-order chi connectivity index (χ1) is 15.8. The number of nitrogens with zero attached hydrogens (tertiary/aromatic N) is 2. The number of imidazole rings is 1. The molecular formula is C27H27N3O3. The predicted molar refractivity (Wildman–Crippen MR) is 130 cm³/mol. The Labute approximate surface area is 193 Å². The molecule has 0 atom stereocenters. The molecule has 0 radical (unpaired) electrons. The van der Waals surface area contributed by atoms with Crippen LogP contribution in [0.2, 0.25) is 0 Å². The summed E-state index contributed by atoms with van der Waals surface area (Å²) in [6.07, 6.45) is 0. The number of hydrogen-bond acceptors (Lipinski definition) is 4. The fraction of sp³-hybridized carbons (Fsp3) is 0.222. The Morgan fingerprint density at radius 2 is 1.76 bits per heavy atom. The fourth-order valence-electron chi connectivity index (χ4n) is 3.96. The van der Waals surface area contributed by atoms with Crippen LogP contribution in [0, 0.1) is 13.8 Å². The van der Waals surface area contributed by atoms with Gasteiger partial charge in [-0.2, -0.15) is 0 Å². The van der Waals surface area contributed by atoms with Gasteiger partial charge in [-0.25, -0.2) is 9.78 Å². The topological polar surface area (TPSA) is 73.2 Å². The third-order valence-corrected chi connectivity index (χ3v) is 5.60. The van der Waals surface area contributed by atoms with Gasteiger partial charge in [-0.1, -0.05) is 50.2 Å². The lowest BCUT2D eigenvalue weighted by atomic mass is 9.98. The normalized spacial score (nSPS) is 11.1. The number of hydrogen-bond donors (Lipinski definition) is 1. The Morgan fingerprint density at radius 3 is 2.48 bits per heavy atom. The third-order valence-electron chi connectivity index (χ3n) is 5.60. The van der Waals surface area contributed by atoms with Crippen molar-refractivity contribution in [3.8, 4) is 5.69 Å². The van der Waals surface area contributed by atoms with Crippen LogP contribution in [0.5, 0.6) is 0 Å². The molecule has 168 valence electrons. The Kier molecular flexibility index (Phi) is 6.27. The molecule has 0 saturated carbocycles. The van der Waals surface area contributed by atoms with Gasteiger partial charge in [-0.3, -0.25) is 9.36 Å². The van der Waals surface area contributed by atoms with Crippen LogP contribution in [0.3, 0.4) is 0 Å². The summed E-state index contributed by atoms with van der Waals surface area (Å²) in [6.45, 7) is 7.65. The van der Waals surface area contributed by atoms with E-state index in [2.05, 4.69) is 24.1 Å². The van der Waals surface area contributed by atoms with Gasteiger partial charge in [0, 0.05) is 11.4 Å². The number of nitrogens with one attached hydrogen (secondary N) is 1. The van der Waals surface area contributed by atoms with Crippen molar-refractivity contribution in [2.75, 3.05) is 11.9 Å². The second-order valence-corrected chi connectivity index (χ2v) is 8.35. The molecule has 1 heterocycles. The molecule has 0 bridgehead atoms. The Bertz CT molecular complexity index is 1320. The van der Waals surface area contributed by atoms with Gasteiger partial charge in [0.25, 0.3) is 5.91 Å².